The van der Waals surface area contributed by atoms with E-state index in [9.17, 15) is 0 Å². The number of methoxy groups -OCH3 is 1. The van der Waals surface area contributed by atoms with Crippen LogP contribution in [0.3, 0.4) is 0 Å². The van der Waals surface area contributed by atoms with E-state index in [0.717, 1.165) is 18.8 Å². The molecule has 0 fully saturated rings. The Bertz CT molecular complexity index is 525. The predicted molar refractivity (Wildman–Crippen MR) is 78.7 cm³/mol. The van der Waals surface area contributed by atoms with Crippen molar-refractivity contribution in [2.75, 3.05) is 7.11 Å². The molecule has 2 rings (SSSR count). The van der Waals surface area contributed by atoms with Gasteiger partial charge in [0, 0.05) is 31.4 Å². The Kier molecular flexibility index (Phi) is 5.86. The number of nitrogens with zero attached hydrogens (tertiary/aromatic N) is 2. The van der Waals surface area contributed by atoms with Gasteiger partial charge < -0.3 is 10.1 Å². The maximum absolute atomic E-state index is 5.20. The quantitative estimate of drug-likeness (QED) is 0.915. The summed E-state index contributed by atoms with van der Waals surface area (Å²) in [5.41, 5.74) is 3.66. The van der Waals surface area contributed by atoms with E-state index < -0.39 is 0 Å². The highest BCUT2D eigenvalue weighted by molar-refractivity contribution is 5.85. The molecule has 0 saturated heterocycles. The van der Waals surface area contributed by atoms with Crippen molar-refractivity contribution in [1.82, 2.24) is 15.1 Å². The molecule has 0 saturated carbocycles. The molecule has 0 radical (unpaired) electrons. The average Bonchev–Trinajstić information content (AvgIpc) is 2.71. The molecular weight excluding hydrogens is 262 g/mol. The fourth-order valence-corrected chi connectivity index (χ4v) is 1.84. The fourth-order valence-electron chi connectivity index (χ4n) is 1.84. The summed E-state index contributed by atoms with van der Waals surface area (Å²) in [4.78, 5) is 0. The number of hydrogen-bond acceptors (Lipinski definition) is 3. The van der Waals surface area contributed by atoms with Crippen LogP contribution in [0.5, 0.6) is 5.75 Å². The molecule has 0 aliphatic rings. The lowest BCUT2D eigenvalue weighted by atomic mass is 10.2. The molecule has 0 amide bonds. The Morgan fingerprint density at radius 2 is 2.11 bits per heavy atom. The highest BCUT2D eigenvalue weighted by Crippen LogP contribution is 2.12. The van der Waals surface area contributed by atoms with E-state index in [1.807, 2.05) is 36.1 Å². The van der Waals surface area contributed by atoms with Crippen LogP contribution in [0.25, 0.3) is 0 Å². The molecular formula is C14H20ClN3O. The lowest BCUT2D eigenvalue weighted by molar-refractivity contribution is 0.414. The third-order valence-electron chi connectivity index (χ3n) is 3.12. The normalized spacial score (nSPS) is 10.1. The summed E-state index contributed by atoms with van der Waals surface area (Å²) >= 11 is 0. The summed E-state index contributed by atoms with van der Waals surface area (Å²) in [6, 6.07) is 8.09. The molecule has 0 aliphatic carbocycles. The van der Waals surface area contributed by atoms with Gasteiger partial charge in [0.25, 0.3) is 0 Å². The summed E-state index contributed by atoms with van der Waals surface area (Å²) in [7, 11) is 3.65. The number of halogens is 1. The van der Waals surface area contributed by atoms with E-state index in [4.69, 9.17) is 4.74 Å². The second kappa shape index (κ2) is 7.16. The summed E-state index contributed by atoms with van der Waals surface area (Å²) < 4.78 is 7.09. The molecule has 0 aliphatic heterocycles. The minimum atomic E-state index is 0. The second-order valence-electron chi connectivity index (χ2n) is 4.33. The Morgan fingerprint density at radius 3 is 2.74 bits per heavy atom. The Morgan fingerprint density at radius 1 is 1.32 bits per heavy atom. The number of benzene rings is 1. The van der Waals surface area contributed by atoms with Gasteiger partial charge >= 0.3 is 0 Å². The molecule has 5 heteroatoms. The number of nitrogens with one attached hydrogen (secondary N) is 1. The number of ether oxygens (including phenoxy) is 1. The van der Waals surface area contributed by atoms with Crippen LogP contribution in [0.1, 0.15) is 16.8 Å². The van der Waals surface area contributed by atoms with Crippen LogP contribution >= 0.6 is 12.4 Å². The van der Waals surface area contributed by atoms with Crippen LogP contribution in [0.4, 0.5) is 0 Å². The molecule has 0 bridgehead atoms. The van der Waals surface area contributed by atoms with Crippen molar-refractivity contribution >= 4 is 12.4 Å². The fraction of sp³-hybridized carbons (Fsp3) is 0.357. The first-order valence-corrected chi connectivity index (χ1v) is 6.02. The van der Waals surface area contributed by atoms with Crippen LogP contribution in [-0.4, -0.2) is 16.9 Å². The van der Waals surface area contributed by atoms with Crippen LogP contribution in [0, 0.1) is 6.92 Å². The number of rotatable bonds is 5. The van der Waals surface area contributed by atoms with E-state index >= 15 is 0 Å². The van der Waals surface area contributed by atoms with Gasteiger partial charge in [0.2, 0.25) is 0 Å². The van der Waals surface area contributed by atoms with Crippen LogP contribution < -0.4 is 10.1 Å². The molecule has 1 N–H and O–H groups in total. The first kappa shape index (κ1) is 15.5. The topological polar surface area (TPSA) is 39.1 Å². The standard InChI is InChI=1S/C14H19N3O.ClH/c1-11-13(10-16-17(11)2)9-15-8-12-5-4-6-14(7-12)18-3;/h4-7,10,15H,8-9H2,1-3H3;1H. The molecule has 0 spiro atoms. The van der Waals surface area contributed by atoms with Crippen molar-refractivity contribution < 1.29 is 4.74 Å². The van der Waals surface area contributed by atoms with E-state index in [-0.39, 0.29) is 12.4 Å². The molecule has 19 heavy (non-hydrogen) atoms. The van der Waals surface area contributed by atoms with Gasteiger partial charge in [-0.15, -0.1) is 12.4 Å². The first-order chi connectivity index (χ1) is 8.70. The number of hydrogen-bond donors (Lipinski definition) is 1. The van der Waals surface area contributed by atoms with Gasteiger partial charge in [-0.1, -0.05) is 12.1 Å². The maximum atomic E-state index is 5.20. The molecule has 104 valence electrons. The van der Waals surface area contributed by atoms with Crippen molar-refractivity contribution in [3.63, 3.8) is 0 Å². The molecule has 2 aromatic rings. The van der Waals surface area contributed by atoms with Gasteiger partial charge in [0.1, 0.15) is 5.75 Å². The highest BCUT2D eigenvalue weighted by Gasteiger charge is 2.03. The van der Waals surface area contributed by atoms with E-state index in [0.29, 0.717) is 0 Å². The summed E-state index contributed by atoms with van der Waals surface area (Å²) in [6.07, 6.45) is 1.91. The van der Waals surface area contributed by atoms with Crippen molar-refractivity contribution in [3.05, 3.63) is 47.3 Å². The Labute approximate surface area is 120 Å². The van der Waals surface area contributed by atoms with Crippen molar-refractivity contribution in [3.8, 4) is 5.75 Å². The minimum absolute atomic E-state index is 0. The van der Waals surface area contributed by atoms with Gasteiger partial charge in [-0.25, -0.2) is 0 Å². The van der Waals surface area contributed by atoms with Crippen LogP contribution in [0.15, 0.2) is 30.5 Å². The van der Waals surface area contributed by atoms with E-state index in [2.05, 4.69) is 23.4 Å². The van der Waals surface area contributed by atoms with Gasteiger partial charge in [-0.2, -0.15) is 5.10 Å². The smallest absolute Gasteiger partial charge is 0.119 e. The Balaban J connectivity index is 0.00000180. The lowest BCUT2D eigenvalue weighted by Gasteiger charge is -2.06. The largest absolute Gasteiger partial charge is 0.497 e. The summed E-state index contributed by atoms with van der Waals surface area (Å²) in [5.74, 6) is 0.895. The van der Waals surface area contributed by atoms with Crippen LogP contribution in [-0.2, 0) is 20.1 Å². The average molecular weight is 282 g/mol. The minimum Gasteiger partial charge on any atom is -0.497 e. The molecule has 1 aromatic heterocycles. The summed E-state index contributed by atoms with van der Waals surface area (Å²) in [6.45, 7) is 3.73. The lowest BCUT2D eigenvalue weighted by Crippen LogP contribution is -2.13. The highest BCUT2D eigenvalue weighted by atomic mass is 35.5. The predicted octanol–water partition coefficient (Wildman–Crippen LogP) is 2.45. The van der Waals surface area contributed by atoms with Crippen molar-refractivity contribution in [2.24, 2.45) is 7.05 Å². The molecule has 4 nitrogen and oxygen atoms in total. The zero-order chi connectivity index (χ0) is 13.0. The van der Waals surface area contributed by atoms with Gasteiger partial charge in [0.05, 0.1) is 13.3 Å². The third kappa shape index (κ3) is 3.98. The molecule has 0 atom stereocenters. The zero-order valence-electron chi connectivity index (χ0n) is 11.5. The monoisotopic (exact) mass is 281 g/mol. The SMILES string of the molecule is COc1cccc(CNCc2cnn(C)c2C)c1.Cl. The number of aromatic nitrogens is 2. The van der Waals surface area contributed by atoms with Gasteiger partial charge in [-0.3, -0.25) is 4.68 Å². The summed E-state index contributed by atoms with van der Waals surface area (Å²) in [5, 5.41) is 7.64. The first-order valence-electron chi connectivity index (χ1n) is 6.02. The van der Waals surface area contributed by atoms with Crippen molar-refractivity contribution in [1.29, 1.82) is 0 Å². The number of aryl methyl sites for hydroxylation is 1. The molecule has 0 unspecified atom stereocenters. The second-order valence-corrected chi connectivity index (χ2v) is 4.33. The van der Waals surface area contributed by atoms with E-state index in [1.54, 1.807) is 7.11 Å². The third-order valence-corrected chi connectivity index (χ3v) is 3.12. The van der Waals surface area contributed by atoms with Crippen LogP contribution in [0.2, 0.25) is 0 Å². The maximum Gasteiger partial charge on any atom is 0.119 e. The van der Waals surface area contributed by atoms with Crippen molar-refractivity contribution in [2.45, 2.75) is 20.0 Å². The van der Waals surface area contributed by atoms with E-state index in [1.165, 1.54) is 16.8 Å². The van der Waals surface area contributed by atoms with Gasteiger partial charge in [0.15, 0.2) is 0 Å². The zero-order valence-corrected chi connectivity index (χ0v) is 12.3. The van der Waals surface area contributed by atoms with Gasteiger partial charge in [-0.05, 0) is 24.6 Å². The Hall–Kier alpha value is -1.52. The molecule has 1 aromatic carbocycles. The molecule has 1 heterocycles.